The van der Waals surface area contributed by atoms with E-state index in [1.54, 1.807) is 30.3 Å². The van der Waals surface area contributed by atoms with Crippen LogP contribution in [0.3, 0.4) is 0 Å². The Labute approximate surface area is 188 Å². The van der Waals surface area contributed by atoms with E-state index in [0.717, 1.165) is 0 Å². The number of nitrogens with zero attached hydrogens (tertiary/aromatic N) is 4. The Morgan fingerprint density at radius 1 is 1.00 bits per heavy atom. The topological polar surface area (TPSA) is 127 Å². The van der Waals surface area contributed by atoms with Gasteiger partial charge in [0.2, 0.25) is 15.8 Å². The van der Waals surface area contributed by atoms with Crippen molar-refractivity contribution in [2.45, 2.75) is 17.4 Å². The first-order valence-corrected chi connectivity index (χ1v) is 11.3. The Morgan fingerprint density at radius 3 is 2.30 bits per heavy atom. The van der Waals surface area contributed by atoms with Gasteiger partial charge in [0, 0.05) is 5.56 Å². The highest BCUT2D eigenvalue weighted by molar-refractivity contribution is 7.89. The van der Waals surface area contributed by atoms with Crippen molar-refractivity contribution < 1.29 is 22.7 Å². The van der Waals surface area contributed by atoms with Gasteiger partial charge in [-0.2, -0.15) is 4.72 Å². The second-order valence-electron chi connectivity index (χ2n) is 7.11. The number of hydrogen-bond donors (Lipinski definition) is 2. The fraction of sp³-hybridized carbons (Fsp3) is 0.0909. The monoisotopic (exact) mass is 467 g/mol. The molecule has 4 aromatic rings. The van der Waals surface area contributed by atoms with E-state index in [-0.39, 0.29) is 23.0 Å². The predicted molar refractivity (Wildman–Crippen MR) is 116 cm³/mol. The van der Waals surface area contributed by atoms with Crippen molar-refractivity contribution in [3.05, 3.63) is 90.2 Å². The number of carboxylic acid groups (broad SMARTS) is 1. The second kappa shape index (κ2) is 9.27. The van der Waals surface area contributed by atoms with E-state index in [1.165, 1.54) is 53.3 Å². The molecular weight excluding hydrogens is 449 g/mol. The maximum absolute atomic E-state index is 13.1. The Kier molecular flexibility index (Phi) is 6.24. The Morgan fingerprint density at radius 2 is 1.67 bits per heavy atom. The zero-order chi connectivity index (χ0) is 23.4. The molecule has 0 saturated carbocycles. The third kappa shape index (κ3) is 5.27. The first-order valence-electron chi connectivity index (χ1n) is 9.77. The van der Waals surface area contributed by atoms with Crippen LogP contribution < -0.4 is 4.72 Å². The number of benzene rings is 3. The predicted octanol–water partition coefficient (Wildman–Crippen LogP) is 2.44. The number of hydrogen-bond acceptors (Lipinski definition) is 6. The SMILES string of the molecule is O=C(O)C(Cc1ccccc1)NS(=O)(=O)c1ccc(-n2nnc(-c3ccc(F)cc3)n2)cc1. The third-order valence-electron chi connectivity index (χ3n) is 4.77. The molecule has 0 aliphatic rings. The molecule has 1 aromatic heterocycles. The number of nitrogens with one attached hydrogen (secondary N) is 1. The highest BCUT2D eigenvalue weighted by Gasteiger charge is 2.25. The van der Waals surface area contributed by atoms with Gasteiger partial charge < -0.3 is 5.11 Å². The standard InChI is InChI=1S/C22H18FN5O4S/c23-17-8-6-16(7-9-17)21-24-27-28(25-21)18-10-12-19(13-11-18)33(31,32)26-20(22(29)30)14-15-4-2-1-3-5-15/h1-13,20,26H,14H2,(H,29,30). The summed E-state index contributed by atoms with van der Waals surface area (Å²) < 4.78 is 40.8. The first kappa shape index (κ1) is 22.2. The van der Waals surface area contributed by atoms with E-state index in [9.17, 15) is 22.7 Å². The summed E-state index contributed by atoms with van der Waals surface area (Å²) in [4.78, 5) is 12.7. The van der Waals surface area contributed by atoms with Crippen molar-refractivity contribution in [3.8, 4) is 17.1 Å². The minimum atomic E-state index is -4.10. The summed E-state index contributed by atoms with van der Waals surface area (Å²) >= 11 is 0. The molecule has 9 nitrogen and oxygen atoms in total. The summed E-state index contributed by atoms with van der Waals surface area (Å²) in [7, 11) is -4.10. The minimum Gasteiger partial charge on any atom is -0.480 e. The molecule has 3 aromatic carbocycles. The molecule has 0 amide bonds. The maximum atomic E-state index is 13.1. The van der Waals surface area contributed by atoms with Crippen LogP contribution >= 0.6 is 0 Å². The van der Waals surface area contributed by atoms with Crippen LogP contribution in [0.2, 0.25) is 0 Å². The zero-order valence-electron chi connectivity index (χ0n) is 17.0. The minimum absolute atomic E-state index is 0.00251. The molecular formula is C22H18FN5O4S. The molecule has 0 saturated heterocycles. The molecule has 0 aliphatic carbocycles. The highest BCUT2D eigenvalue weighted by Crippen LogP contribution is 2.17. The van der Waals surface area contributed by atoms with Crippen LogP contribution in [-0.2, 0) is 21.2 Å². The molecule has 1 atom stereocenters. The van der Waals surface area contributed by atoms with Crippen LogP contribution in [0.4, 0.5) is 4.39 Å². The third-order valence-corrected chi connectivity index (χ3v) is 6.26. The van der Waals surface area contributed by atoms with Crippen molar-refractivity contribution in [1.82, 2.24) is 24.9 Å². The van der Waals surface area contributed by atoms with E-state index >= 15 is 0 Å². The Hall–Kier alpha value is -3.96. The van der Waals surface area contributed by atoms with Gasteiger partial charge in [-0.25, -0.2) is 12.8 Å². The molecule has 1 unspecified atom stereocenters. The van der Waals surface area contributed by atoms with Gasteiger partial charge in [-0.05, 0) is 65.7 Å². The summed E-state index contributed by atoms with van der Waals surface area (Å²) in [5.74, 6) is -1.39. The summed E-state index contributed by atoms with van der Waals surface area (Å²) in [6, 6.07) is 18.6. The molecule has 0 fully saturated rings. The molecule has 168 valence electrons. The van der Waals surface area contributed by atoms with Crippen LogP contribution in [0, 0.1) is 5.82 Å². The second-order valence-corrected chi connectivity index (χ2v) is 8.82. The van der Waals surface area contributed by atoms with E-state index in [2.05, 4.69) is 20.1 Å². The van der Waals surface area contributed by atoms with E-state index < -0.39 is 22.0 Å². The number of aliphatic carboxylic acids is 1. The van der Waals surface area contributed by atoms with Crippen molar-refractivity contribution in [3.63, 3.8) is 0 Å². The Bertz CT molecular complexity index is 1360. The molecule has 0 bridgehead atoms. The van der Waals surface area contributed by atoms with Gasteiger partial charge in [0.25, 0.3) is 0 Å². The molecule has 33 heavy (non-hydrogen) atoms. The summed E-state index contributed by atoms with van der Waals surface area (Å²) in [6.45, 7) is 0. The van der Waals surface area contributed by atoms with Gasteiger partial charge in [0.15, 0.2) is 0 Å². The van der Waals surface area contributed by atoms with Crippen molar-refractivity contribution in [2.75, 3.05) is 0 Å². The normalized spacial score (nSPS) is 12.4. The first-order chi connectivity index (χ1) is 15.8. The lowest BCUT2D eigenvalue weighted by atomic mass is 10.1. The lowest BCUT2D eigenvalue weighted by Crippen LogP contribution is -2.42. The molecule has 2 N–H and O–H groups in total. The van der Waals surface area contributed by atoms with Gasteiger partial charge >= 0.3 is 5.97 Å². The molecule has 4 rings (SSSR count). The zero-order valence-corrected chi connectivity index (χ0v) is 17.9. The van der Waals surface area contributed by atoms with Gasteiger partial charge in [-0.3, -0.25) is 4.79 Å². The number of tetrazole rings is 1. The van der Waals surface area contributed by atoms with Crippen molar-refractivity contribution in [1.29, 1.82) is 0 Å². The largest absolute Gasteiger partial charge is 0.480 e. The van der Waals surface area contributed by atoms with E-state index in [4.69, 9.17) is 0 Å². The lowest BCUT2D eigenvalue weighted by Gasteiger charge is -2.15. The average Bonchev–Trinajstić information content (AvgIpc) is 3.30. The smallest absolute Gasteiger partial charge is 0.322 e. The van der Waals surface area contributed by atoms with Crippen LogP contribution in [-0.4, -0.2) is 45.7 Å². The molecule has 0 aliphatic heterocycles. The van der Waals surface area contributed by atoms with Crippen LogP contribution in [0.15, 0.2) is 83.8 Å². The number of aromatic nitrogens is 4. The number of rotatable bonds is 8. The fourth-order valence-corrected chi connectivity index (χ4v) is 4.27. The number of sulfonamides is 1. The molecule has 11 heteroatoms. The lowest BCUT2D eigenvalue weighted by molar-refractivity contribution is -0.138. The maximum Gasteiger partial charge on any atom is 0.322 e. The van der Waals surface area contributed by atoms with Gasteiger partial charge in [-0.15, -0.1) is 15.0 Å². The van der Waals surface area contributed by atoms with E-state index in [0.29, 0.717) is 16.8 Å². The quantitative estimate of drug-likeness (QED) is 0.407. The fourth-order valence-electron chi connectivity index (χ4n) is 3.08. The van der Waals surface area contributed by atoms with Gasteiger partial charge in [0.05, 0.1) is 10.6 Å². The van der Waals surface area contributed by atoms with Gasteiger partial charge in [0.1, 0.15) is 11.9 Å². The number of carbonyl (C=O) groups is 1. The summed E-state index contributed by atoms with van der Waals surface area (Å²) in [5.41, 5.74) is 1.70. The van der Waals surface area contributed by atoms with E-state index in [1.807, 2.05) is 0 Å². The average molecular weight is 467 g/mol. The summed E-state index contributed by atoms with van der Waals surface area (Å²) in [6.07, 6.45) is 0.00251. The van der Waals surface area contributed by atoms with Crippen molar-refractivity contribution >= 4 is 16.0 Å². The molecule has 0 spiro atoms. The number of halogens is 1. The van der Waals surface area contributed by atoms with Crippen molar-refractivity contribution in [2.24, 2.45) is 0 Å². The number of carboxylic acids is 1. The van der Waals surface area contributed by atoms with Crippen LogP contribution in [0.5, 0.6) is 0 Å². The molecule has 0 radical (unpaired) electrons. The summed E-state index contributed by atoms with van der Waals surface area (Å²) in [5, 5.41) is 21.6. The Balaban J connectivity index is 1.51. The highest BCUT2D eigenvalue weighted by atomic mass is 32.2. The van der Waals surface area contributed by atoms with Crippen LogP contribution in [0.25, 0.3) is 17.1 Å². The van der Waals surface area contributed by atoms with Gasteiger partial charge in [-0.1, -0.05) is 30.3 Å². The molecule has 1 heterocycles. The van der Waals surface area contributed by atoms with Crippen LogP contribution in [0.1, 0.15) is 5.56 Å².